The molecule has 0 saturated heterocycles. The summed E-state index contributed by atoms with van der Waals surface area (Å²) in [5.41, 5.74) is 0.830. The average molecular weight is 300 g/mol. The van der Waals surface area contributed by atoms with Gasteiger partial charge < -0.3 is 5.11 Å². The third-order valence-electron chi connectivity index (χ3n) is 2.63. The van der Waals surface area contributed by atoms with Gasteiger partial charge in [0.1, 0.15) is 4.60 Å². The van der Waals surface area contributed by atoms with E-state index >= 15 is 0 Å². The minimum atomic E-state index is -1.47. The highest BCUT2D eigenvalue weighted by Gasteiger charge is 2.31. The zero-order chi connectivity index (χ0) is 12.3. The largest absolute Gasteiger partial charge is 0.386 e. The fraction of sp³-hybridized carbons (Fsp3) is 0.417. The lowest BCUT2D eigenvalue weighted by Crippen LogP contribution is -2.31. The first kappa shape index (κ1) is 13.6. The van der Waals surface area contributed by atoms with E-state index in [1.165, 1.54) is 0 Å². The molecule has 88 valence electrons. The molecule has 0 radical (unpaired) electrons. The molecule has 0 aromatic carbocycles. The van der Waals surface area contributed by atoms with Gasteiger partial charge in [-0.05, 0) is 28.1 Å². The van der Waals surface area contributed by atoms with Crippen molar-refractivity contribution in [3.05, 3.63) is 41.2 Å². The van der Waals surface area contributed by atoms with E-state index in [0.29, 0.717) is 5.69 Å². The van der Waals surface area contributed by atoms with E-state index in [1.54, 1.807) is 0 Å². The molecule has 0 spiro atoms. The van der Waals surface area contributed by atoms with Crippen LogP contribution in [-0.2, 0) is 0 Å². The van der Waals surface area contributed by atoms with Crippen molar-refractivity contribution in [2.24, 2.45) is 0 Å². The van der Waals surface area contributed by atoms with Crippen molar-refractivity contribution in [3.8, 4) is 0 Å². The number of rotatable bonds is 4. The van der Waals surface area contributed by atoms with Crippen LogP contribution in [0.2, 0.25) is 25.2 Å². The Morgan fingerprint density at radius 2 is 2.06 bits per heavy atom. The second-order valence-corrected chi connectivity index (χ2v) is 11.2. The summed E-state index contributed by atoms with van der Waals surface area (Å²) in [6.07, 6.45) is 1.31. The lowest BCUT2D eigenvalue weighted by atomic mass is 10.1. The normalized spacial score (nSPS) is 15.6. The molecule has 1 rings (SSSR count). The molecule has 1 heterocycles. The maximum absolute atomic E-state index is 10.3. The second-order valence-electron chi connectivity index (χ2n) is 4.96. The van der Waals surface area contributed by atoms with Gasteiger partial charge in [-0.15, -0.1) is 6.58 Å². The van der Waals surface area contributed by atoms with Gasteiger partial charge in [-0.2, -0.15) is 0 Å². The third-order valence-corrected chi connectivity index (χ3v) is 5.63. The number of nitrogens with zero attached hydrogens (tertiary/aromatic N) is 1. The summed E-state index contributed by atoms with van der Waals surface area (Å²) in [7, 11) is -1.47. The predicted molar refractivity (Wildman–Crippen MR) is 74.2 cm³/mol. The van der Waals surface area contributed by atoms with Gasteiger partial charge in [-0.25, -0.2) is 4.98 Å². The minimum Gasteiger partial charge on any atom is -0.386 e. The van der Waals surface area contributed by atoms with E-state index in [2.05, 4.69) is 47.1 Å². The zero-order valence-electron chi connectivity index (χ0n) is 9.94. The van der Waals surface area contributed by atoms with Gasteiger partial charge >= 0.3 is 0 Å². The van der Waals surface area contributed by atoms with Crippen LogP contribution in [0.25, 0.3) is 0 Å². The Bertz CT molecular complexity index is 376. The molecule has 0 fully saturated rings. The van der Waals surface area contributed by atoms with Crippen molar-refractivity contribution in [2.45, 2.75) is 31.3 Å². The van der Waals surface area contributed by atoms with Gasteiger partial charge in [-0.3, -0.25) is 0 Å². The topological polar surface area (TPSA) is 33.1 Å². The second kappa shape index (κ2) is 5.25. The van der Waals surface area contributed by atoms with Crippen molar-refractivity contribution in [3.63, 3.8) is 0 Å². The maximum atomic E-state index is 10.3. The van der Waals surface area contributed by atoms with E-state index in [-0.39, 0.29) is 5.54 Å². The molecular weight excluding hydrogens is 282 g/mol. The first-order valence-electron chi connectivity index (χ1n) is 5.29. The van der Waals surface area contributed by atoms with Crippen molar-refractivity contribution in [1.82, 2.24) is 4.98 Å². The molecule has 0 bridgehead atoms. The first-order chi connectivity index (χ1) is 7.36. The van der Waals surface area contributed by atoms with E-state index < -0.39 is 14.2 Å². The first-order valence-corrected chi connectivity index (χ1v) is 9.66. The molecule has 0 aliphatic rings. The van der Waals surface area contributed by atoms with Crippen molar-refractivity contribution >= 4 is 24.0 Å². The molecular formula is C12H18BrNOSi. The maximum Gasteiger partial charge on any atom is 0.106 e. The van der Waals surface area contributed by atoms with Crippen molar-refractivity contribution < 1.29 is 5.11 Å². The summed E-state index contributed by atoms with van der Waals surface area (Å²) in [6, 6.07) is 5.60. The highest BCUT2D eigenvalue weighted by atomic mass is 79.9. The Hall–Kier alpha value is -0.453. The smallest absolute Gasteiger partial charge is 0.106 e. The molecule has 0 saturated carbocycles. The molecule has 1 N–H and O–H groups in total. The molecule has 2 nitrogen and oxygen atoms in total. The number of hydrogen-bond acceptors (Lipinski definition) is 2. The van der Waals surface area contributed by atoms with Crippen LogP contribution < -0.4 is 0 Å². The van der Waals surface area contributed by atoms with Crippen LogP contribution in [0.5, 0.6) is 0 Å². The Labute approximate surface area is 107 Å². The lowest BCUT2D eigenvalue weighted by Gasteiger charge is -2.30. The summed E-state index contributed by atoms with van der Waals surface area (Å²) in [5.74, 6) is 0. The molecule has 1 aromatic rings. The number of hydrogen-bond donors (Lipinski definition) is 1. The number of aliphatic hydroxyl groups excluding tert-OH is 1. The van der Waals surface area contributed by atoms with Crippen LogP contribution in [0.4, 0.5) is 0 Å². The quantitative estimate of drug-likeness (QED) is 0.521. The SMILES string of the molecule is C=C[C@H]([C@@H](O)c1cccc(Br)n1)[Si](C)(C)C. The van der Waals surface area contributed by atoms with E-state index in [0.717, 1.165) is 4.60 Å². The van der Waals surface area contributed by atoms with Gasteiger partial charge in [0.2, 0.25) is 0 Å². The van der Waals surface area contributed by atoms with Gasteiger partial charge in [0.25, 0.3) is 0 Å². The molecule has 0 aliphatic carbocycles. The molecule has 0 unspecified atom stereocenters. The minimum absolute atomic E-state index is 0.120. The number of pyridine rings is 1. The molecule has 0 aliphatic heterocycles. The Kier molecular flexibility index (Phi) is 4.47. The molecule has 0 amide bonds. The van der Waals surface area contributed by atoms with Crippen LogP contribution in [0.3, 0.4) is 0 Å². The molecule has 2 atom stereocenters. The average Bonchev–Trinajstić information content (AvgIpc) is 2.16. The highest BCUT2D eigenvalue weighted by molar-refractivity contribution is 9.10. The van der Waals surface area contributed by atoms with Crippen molar-refractivity contribution in [1.29, 1.82) is 0 Å². The Morgan fingerprint density at radius 3 is 2.50 bits per heavy atom. The molecule has 16 heavy (non-hydrogen) atoms. The summed E-state index contributed by atoms with van der Waals surface area (Å²) in [4.78, 5) is 4.30. The highest BCUT2D eigenvalue weighted by Crippen LogP contribution is 2.35. The van der Waals surface area contributed by atoms with Gasteiger partial charge in [0.05, 0.1) is 19.9 Å². The van der Waals surface area contributed by atoms with Gasteiger partial charge in [-0.1, -0.05) is 31.8 Å². The monoisotopic (exact) mass is 299 g/mol. The van der Waals surface area contributed by atoms with Gasteiger partial charge in [0.15, 0.2) is 0 Å². The van der Waals surface area contributed by atoms with E-state index in [9.17, 15) is 5.11 Å². The fourth-order valence-corrected chi connectivity index (χ4v) is 3.91. The number of aliphatic hydroxyl groups is 1. The Balaban J connectivity index is 3.00. The number of halogens is 1. The fourth-order valence-electron chi connectivity index (χ4n) is 1.73. The van der Waals surface area contributed by atoms with E-state index in [1.807, 2.05) is 24.3 Å². The van der Waals surface area contributed by atoms with Crippen LogP contribution in [-0.4, -0.2) is 18.2 Å². The van der Waals surface area contributed by atoms with Crippen LogP contribution >= 0.6 is 15.9 Å². The van der Waals surface area contributed by atoms with Crippen LogP contribution in [0.15, 0.2) is 35.5 Å². The van der Waals surface area contributed by atoms with Crippen LogP contribution in [0.1, 0.15) is 11.8 Å². The zero-order valence-corrected chi connectivity index (χ0v) is 12.5. The third kappa shape index (κ3) is 3.27. The van der Waals surface area contributed by atoms with Crippen LogP contribution in [0, 0.1) is 0 Å². The summed E-state index contributed by atoms with van der Waals surface area (Å²) >= 11 is 3.32. The lowest BCUT2D eigenvalue weighted by molar-refractivity contribution is 0.174. The van der Waals surface area contributed by atoms with E-state index in [4.69, 9.17) is 0 Å². The number of aromatic nitrogens is 1. The Morgan fingerprint density at radius 1 is 1.44 bits per heavy atom. The van der Waals surface area contributed by atoms with Gasteiger partial charge in [0, 0.05) is 5.54 Å². The standard InChI is InChI=1S/C12H18BrNOSi/c1-5-10(16(2,3)4)12(15)9-7-6-8-11(13)14-9/h5-8,10,12,15H,1H2,2-4H3/t10-,12+/m1/s1. The molecule has 1 aromatic heterocycles. The summed E-state index contributed by atoms with van der Waals surface area (Å²) in [5, 5.41) is 10.3. The van der Waals surface area contributed by atoms with Crippen molar-refractivity contribution in [2.75, 3.05) is 0 Å². The summed E-state index contributed by atoms with van der Waals surface area (Å²) in [6.45, 7) is 10.5. The summed E-state index contributed by atoms with van der Waals surface area (Å²) < 4.78 is 0.752. The predicted octanol–water partition coefficient (Wildman–Crippen LogP) is 3.77. The molecule has 4 heteroatoms.